The largest absolute Gasteiger partial charge is 0.481 e. The van der Waals surface area contributed by atoms with Gasteiger partial charge in [-0.3, -0.25) is 19.7 Å². The molecule has 1 amide bonds. The summed E-state index contributed by atoms with van der Waals surface area (Å²) in [7, 11) is 0. The summed E-state index contributed by atoms with van der Waals surface area (Å²) in [6.45, 7) is 1.10. The second-order valence-corrected chi connectivity index (χ2v) is 4.86. The van der Waals surface area contributed by atoms with E-state index >= 15 is 0 Å². The molecular weight excluding hydrogens is 288 g/mol. The van der Waals surface area contributed by atoms with Crippen LogP contribution < -0.4 is 5.32 Å². The average molecular weight is 304 g/mol. The van der Waals surface area contributed by atoms with Crippen molar-refractivity contribution < 1.29 is 39.6 Å². The highest BCUT2D eigenvalue weighted by Crippen LogP contribution is 2.33. The Balaban J connectivity index is 2.78. The van der Waals surface area contributed by atoms with E-state index in [4.69, 9.17) is 20.4 Å². The van der Waals surface area contributed by atoms with Crippen LogP contribution in [0.1, 0.15) is 19.8 Å². The molecular formula is C11H16N2O8. The SMILES string of the molecule is CC(CC1(C(=O)O)NC1C(=O)O)N(CCC(=O)O)C(=O)O. The molecule has 0 aromatic heterocycles. The van der Waals surface area contributed by atoms with Crippen molar-refractivity contribution in [2.24, 2.45) is 0 Å². The van der Waals surface area contributed by atoms with Crippen molar-refractivity contribution in [3.63, 3.8) is 0 Å². The predicted octanol–water partition coefficient (Wildman–Crippen LogP) is -0.900. The van der Waals surface area contributed by atoms with Crippen LogP contribution in [0.4, 0.5) is 4.79 Å². The number of nitrogens with zero attached hydrogens (tertiary/aromatic N) is 1. The summed E-state index contributed by atoms with van der Waals surface area (Å²) >= 11 is 0. The molecule has 0 aromatic rings. The van der Waals surface area contributed by atoms with Gasteiger partial charge < -0.3 is 25.3 Å². The Labute approximate surface area is 119 Å². The minimum Gasteiger partial charge on any atom is -0.481 e. The quantitative estimate of drug-likeness (QED) is 0.356. The number of hydrogen-bond acceptors (Lipinski definition) is 5. The van der Waals surface area contributed by atoms with Gasteiger partial charge >= 0.3 is 24.0 Å². The van der Waals surface area contributed by atoms with Crippen molar-refractivity contribution >= 4 is 24.0 Å². The lowest BCUT2D eigenvalue weighted by Crippen LogP contribution is -2.44. The first-order valence-corrected chi connectivity index (χ1v) is 6.07. The van der Waals surface area contributed by atoms with Crippen molar-refractivity contribution in [3.8, 4) is 0 Å². The van der Waals surface area contributed by atoms with Crippen molar-refractivity contribution in [2.45, 2.75) is 37.4 Å². The van der Waals surface area contributed by atoms with Gasteiger partial charge in [0.2, 0.25) is 0 Å². The van der Waals surface area contributed by atoms with Crippen LogP contribution in [0, 0.1) is 0 Å². The van der Waals surface area contributed by atoms with Gasteiger partial charge in [0.25, 0.3) is 0 Å². The zero-order valence-corrected chi connectivity index (χ0v) is 11.1. The Kier molecular flexibility index (Phi) is 4.73. The molecule has 0 saturated carbocycles. The lowest BCUT2D eigenvalue weighted by Gasteiger charge is -2.27. The van der Waals surface area contributed by atoms with Gasteiger partial charge in [-0.05, 0) is 13.3 Å². The number of hydrogen-bond donors (Lipinski definition) is 5. The van der Waals surface area contributed by atoms with Gasteiger partial charge in [-0.2, -0.15) is 0 Å². The maximum absolute atomic E-state index is 11.2. The molecule has 1 aliphatic heterocycles. The fourth-order valence-corrected chi connectivity index (χ4v) is 2.23. The molecule has 0 aromatic carbocycles. The highest BCUT2D eigenvalue weighted by atomic mass is 16.4. The van der Waals surface area contributed by atoms with E-state index in [-0.39, 0.29) is 13.0 Å². The standard InChI is InChI=1S/C11H16N2O8/c1-5(13(10(20)21)3-2-6(14)15)4-11(9(18)19)7(12-11)8(16)17/h5,7,12H,2-4H2,1H3,(H,14,15)(H,16,17)(H,18,19)(H,20,21). The van der Waals surface area contributed by atoms with E-state index in [0.29, 0.717) is 0 Å². The third-order valence-electron chi connectivity index (χ3n) is 3.40. The van der Waals surface area contributed by atoms with E-state index in [9.17, 15) is 19.2 Å². The van der Waals surface area contributed by atoms with Crippen LogP contribution in [0.5, 0.6) is 0 Å². The van der Waals surface area contributed by atoms with Crippen LogP contribution >= 0.6 is 0 Å². The molecule has 1 saturated heterocycles. The van der Waals surface area contributed by atoms with E-state index in [1.165, 1.54) is 6.92 Å². The Hall–Kier alpha value is -2.36. The van der Waals surface area contributed by atoms with Gasteiger partial charge in [0.05, 0.1) is 6.42 Å². The first-order valence-electron chi connectivity index (χ1n) is 6.07. The van der Waals surface area contributed by atoms with Gasteiger partial charge in [-0.25, -0.2) is 4.79 Å². The number of carboxylic acids is 3. The summed E-state index contributed by atoms with van der Waals surface area (Å²) in [4.78, 5) is 44.4. The highest BCUT2D eigenvalue weighted by molar-refractivity contribution is 5.95. The van der Waals surface area contributed by atoms with Crippen LogP contribution in [-0.4, -0.2) is 73.5 Å². The molecule has 5 N–H and O–H groups in total. The van der Waals surface area contributed by atoms with E-state index in [1.807, 2.05) is 0 Å². The number of aliphatic carboxylic acids is 3. The summed E-state index contributed by atoms with van der Waals surface area (Å²) in [6, 6.07) is -2.14. The molecule has 118 valence electrons. The topological polar surface area (TPSA) is 174 Å². The van der Waals surface area contributed by atoms with Crippen LogP contribution in [0.2, 0.25) is 0 Å². The van der Waals surface area contributed by atoms with Crippen molar-refractivity contribution in [2.75, 3.05) is 6.54 Å². The fourth-order valence-electron chi connectivity index (χ4n) is 2.23. The van der Waals surface area contributed by atoms with Gasteiger partial charge in [-0.1, -0.05) is 0 Å². The number of rotatable bonds is 8. The number of amides is 1. The maximum Gasteiger partial charge on any atom is 0.407 e. The van der Waals surface area contributed by atoms with Crippen LogP contribution in [0.3, 0.4) is 0 Å². The van der Waals surface area contributed by atoms with Gasteiger partial charge in [0, 0.05) is 12.6 Å². The molecule has 0 radical (unpaired) electrons. The molecule has 0 aliphatic carbocycles. The zero-order valence-electron chi connectivity index (χ0n) is 11.1. The van der Waals surface area contributed by atoms with Crippen molar-refractivity contribution in [1.29, 1.82) is 0 Å². The number of carboxylic acid groups (broad SMARTS) is 4. The molecule has 10 nitrogen and oxygen atoms in total. The molecule has 1 aliphatic rings. The Morgan fingerprint density at radius 1 is 1.19 bits per heavy atom. The second kappa shape index (κ2) is 5.95. The normalized spacial score (nSPS) is 24.9. The Morgan fingerprint density at radius 3 is 2.10 bits per heavy atom. The van der Waals surface area contributed by atoms with Gasteiger partial charge in [0.1, 0.15) is 11.6 Å². The lowest BCUT2D eigenvalue weighted by atomic mass is 9.95. The molecule has 1 heterocycles. The van der Waals surface area contributed by atoms with E-state index in [2.05, 4.69) is 5.32 Å². The third-order valence-corrected chi connectivity index (χ3v) is 3.40. The van der Waals surface area contributed by atoms with E-state index < -0.39 is 48.0 Å². The van der Waals surface area contributed by atoms with Crippen LogP contribution in [0.25, 0.3) is 0 Å². The summed E-state index contributed by atoms with van der Waals surface area (Å²) < 4.78 is 0. The second-order valence-electron chi connectivity index (χ2n) is 4.86. The molecule has 1 rings (SSSR count). The minimum absolute atomic E-state index is 0.273. The van der Waals surface area contributed by atoms with Crippen molar-refractivity contribution in [1.82, 2.24) is 10.2 Å². The maximum atomic E-state index is 11.2. The summed E-state index contributed by atoms with van der Waals surface area (Å²) in [5.74, 6) is -3.91. The molecule has 1 fully saturated rings. The lowest BCUT2D eigenvalue weighted by molar-refractivity contribution is -0.144. The molecule has 10 heteroatoms. The number of nitrogens with one attached hydrogen (secondary N) is 1. The molecule has 21 heavy (non-hydrogen) atoms. The van der Waals surface area contributed by atoms with Gasteiger partial charge in [-0.15, -0.1) is 0 Å². The predicted molar refractivity (Wildman–Crippen MR) is 66.0 cm³/mol. The zero-order chi connectivity index (χ0) is 16.4. The highest BCUT2D eigenvalue weighted by Gasteiger charge is 2.65. The first-order chi connectivity index (χ1) is 9.61. The monoisotopic (exact) mass is 304 g/mol. The van der Waals surface area contributed by atoms with Crippen molar-refractivity contribution in [3.05, 3.63) is 0 Å². The Bertz CT molecular complexity index is 479. The van der Waals surface area contributed by atoms with Crippen LogP contribution in [0.15, 0.2) is 0 Å². The summed E-state index contributed by atoms with van der Waals surface area (Å²) in [5, 5.41) is 37.9. The minimum atomic E-state index is -1.72. The van der Waals surface area contributed by atoms with E-state index in [0.717, 1.165) is 4.90 Å². The van der Waals surface area contributed by atoms with Crippen LogP contribution in [-0.2, 0) is 14.4 Å². The summed E-state index contributed by atoms with van der Waals surface area (Å²) in [6.07, 6.45) is -2.09. The first kappa shape index (κ1) is 16.7. The summed E-state index contributed by atoms with van der Waals surface area (Å²) in [5.41, 5.74) is -1.72. The molecule has 0 spiro atoms. The number of carbonyl (C=O) groups is 4. The Morgan fingerprint density at radius 2 is 1.76 bits per heavy atom. The molecule has 3 atom stereocenters. The third kappa shape index (κ3) is 3.60. The smallest absolute Gasteiger partial charge is 0.407 e. The molecule has 0 bridgehead atoms. The average Bonchev–Trinajstić information content (AvgIpc) is 3.04. The van der Waals surface area contributed by atoms with E-state index in [1.54, 1.807) is 0 Å². The fraction of sp³-hybridized carbons (Fsp3) is 0.636. The molecule has 3 unspecified atom stereocenters. The van der Waals surface area contributed by atoms with Gasteiger partial charge in [0.15, 0.2) is 0 Å².